The van der Waals surface area contributed by atoms with E-state index in [0.717, 1.165) is 22.7 Å². The molecule has 0 radical (unpaired) electrons. The summed E-state index contributed by atoms with van der Waals surface area (Å²) in [6.07, 6.45) is 0.121. The van der Waals surface area contributed by atoms with Crippen LogP contribution in [-0.2, 0) is 4.79 Å². The van der Waals surface area contributed by atoms with E-state index in [0.29, 0.717) is 11.4 Å². The van der Waals surface area contributed by atoms with Gasteiger partial charge in [-0.1, -0.05) is 30.3 Å². The third-order valence-electron chi connectivity index (χ3n) is 4.79. The monoisotopic (exact) mass is 361 g/mol. The normalized spacial score (nSPS) is 15.8. The lowest BCUT2D eigenvalue weighted by Crippen LogP contribution is -2.28. The molecule has 0 bridgehead atoms. The molecule has 1 aromatic heterocycles. The molecule has 6 nitrogen and oxygen atoms in total. The maximum absolute atomic E-state index is 13.1. The van der Waals surface area contributed by atoms with Crippen molar-refractivity contribution < 1.29 is 14.3 Å². The van der Waals surface area contributed by atoms with Gasteiger partial charge in [0, 0.05) is 17.5 Å². The number of rotatable bonds is 4. The van der Waals surface area contributed by atoms with Crippen LogP contribution in [0.1, 0.15) is 34.0 Å². The third kappa shape index (κ3) is 2.99. The zero-order valence-corrected chi connectivity index (χ0v) is 15.1. The second kappa shape index (κ2) is 6.72. The molecule has 0 saturated carbocycles. The number of carbonyl (C=O) groups excluding carboxylic acids is 2. The van der Waals surface area contributed by atoms with Crippen LogP contribution < -0.4 is 10.1 Å². The molecular weight excluding hydrogens is 342 g/mol. The number of carbonyl (C=O) groups is 2. The van der Waals surface area contributed by atoms with E-state index in [1.165, 1.54) is 0 Å². The number of ketones is 1. The van der Waals surface area contributed by atoms with Crippen molar-refractivity contribution in [3.05, 3.63) is 71.4 Å². The predicted molar refractivity (Wildman–Crippen MR) is 102 cm³/mol. The molecule has 0 spiro atoms. The number of hydrogen-bond acceptors (Lipinski definition) is 4. The molecule has 4 rings (SSSR count). The van der Waals surface area contributed by atoms with E-state index in [2.05, 4.69) is 10.4 Å². The van der Waals surface area contributed by atoms with Gasteiger partial charge in [0.1, 0.15) is 11.6 Å². The van der Waals surface area contributed by atoms with Crippen LogP contribution >= 0.6 is 0 Å². The minimum atomic E-state index is -0.539. The lowest BCUT2D eigenvalue weighted by Gasteiger charge is -2.23. The Balaban J connectivity index is 1.80. The van der Waals surface area contributed by atoms with Crippen LogP contribution in [0, 0.1) is 6.92 Å². The van der Waals surface area contributed by atoms with E-state index in [1.807, 2.05) is 49.4 Å². The van der Waals surface area contributed by atoms with Crippen LogP contribution in [0.4, 0.5) is 5.82 Å². The molecular formula is C21H19N3O3. The number of fused-ring (bicyclic) bond motifs is 1. The van der Waals surface area contributed by atoms with E-state index in [4.69, 9.17) is 4.74 Å². The van der Waals surface area contributed by atoms with Crippen LogP contribution in [0.2, 0.25) is 0 Å². The third-order valence-corrected chi connectivity index (χ3v) is 4.79. The number of benzene rings is 2. The minimum Gasteiger partial charge on any atom is -0.497 e. The summed E-state index contributed by atoms with van der Waals surface area (Å²) in [7, 11) is 1.61. The van der Waals surface area contributed by atoms with Gasteiger partial charge >= 0.3 is 0 Å². The maximum Gasteiger partial charge on any atom is 0.226 e. The smallest absolute Gasteiger partial charge is 0.226 e. The standard InChI is InChI=1S/C21H19N3O3/c1-13-19-17(20(26)14-6-4-3-5-7-14)12-18(25)22-21(19)24(23-13)15-8-10-16(27-2)11-9-15/h3-11,17H,12H2,1-2H3,(H,22,25). The molecule has 0 aliphatic carbocycles. The Kier molecular flexibility index (Phi) is 4.24. The number of nitrogens with one attached hydrogen (secondary N) is 1. The predicted octanol–water partition coefficient (Wildman–Crippen LogP) is 3.50. The highest BCUT2D eigenvalue weighted by atomic mass is 16.5. The van der Waals surface area contributed by atoms with Gasteiger partial charge in [-0.2, -0.15) is 5.10 Å². The first-order valence-electron chi connectivity index (χ1n) is 8.71. The summed E-state index contributed by atoms with van der Waals surface area (Å²) in [6.45, 7) is 1.86. The van der Waals surface area contributed by atoms with Gasteiger partial charge in [0.2, 0.25) is 5.91 Å². The van der Waals surface area contributed by atoms with Crippen LogP contribution in [-0.4, -0.2) is 28.6 Å². The van der Waals surface area contributed by atoms with E-state index >= 15 is 0 Å². The molecule has 2 aromatic carbocycles. The molecule has 1 N–H and O–H groups in total. The average molecular weight is 361 g/mol. The lowest BCUT2D eigenvalue weighted by molar-refractivity contribution is -0.116. The highest BCUT2D eigenvalue weighted by Gasteiger charge is 2.36. The summed E-state index contributed by atoms with van der Waals surface area (Å²) < 4.78 is 6.87. The topological polar surface area (TPSA) is 73.2 Å². The molecule has 1 aliphatic heterocycles. The Bertz CT molecular complexity index is 1010. The molecule has 136 valence electrons. The fourth-order valence-corrected chi connectivity index (χ4v) is 3.48. The molecule has 0 saturated heterocycles. The first kappa shape index (κ1) is 17.0. The Hall–Kier alpha value is -3.41. The Morgan fingerprint density at radius 1 is 1.15 bits per heavy atom. The zero-order valence-electron chi connectivity index (χ0n) is 15.1. The molecule has 1 atom stereocenters. The van der Waals surface area contributed by atoms with Gasteiger partial charge in [0.25, 0.3) is 0 Å². The Labute approximate surface area is 156 Å². The van der Waals surface area contributed by atoms with Crippen molar-refractivity contribution >= 4 is 17.5 Å². The summed E-state index contributed by atoms with van der Waals surface area (Å²) >= 11 is 0. The van der Waals surface area contributed by atoms with Crippen molar-refractivity contribution in [2.75, 3.05) is 12.4 Å². The number of aryl methyl sites for hydroxylation is 1. The minimum absolute atomic E-state index is 0.0657. The van der Waals surface area contributed by atoms with Gasteiger partial charge in [0.15, 0.2) is 5.78 Å². The molecule has 0 fully saturated rings. The number of hydrogen-bond donors (Lipinski definition) is 1. The number of ether oxygens (including phenoxy) is 1. The van der Waals surface area contributed by atoms with Crippen LogP contribution in [0.5, 0.6) is 5.75 Å². The van der Waals surface area contributed by atoms with Gasteiger partial charge in [0.05, 0.1) is 24.4 Å². The molecule has 1 aliphatic rings. The second-order valence-corrected chi connectivity index (χ2v) is 6.49. The van der Waals surface area contributed by atoms with Crippen molar-refractivity contribution in [3.63, 3.8) is 0 Å². The van der Waals surface area contributed by atoms with Gasteiger partial charge in [-0.05, 0) is 31.2 Å². The summed E-state index contributed by atoms with van der Waals surface area (Å²) in [6, 6.07) is 16.4. The molecule has 2 heterocycles. The van der Waals surface area contributed by atoms with E-state index < -0.39 is 5.92 Å². The molecule has 6 heteroatoms. The fourth-order valence-electron chi connectivity index (χ4n) is 3.48. The van der Waals surface area contributed by atoms with E-state index in [9.17, 15) is 9.59 Å². The van der Waals surface area contributed by atoms with E-state index in [1.54, 1.807) is 23.9 Å². The SMILES string of the molecule is COc1ccc(-n2nc(C)c3c2NC(=O)CC3C(=O)c2ccccc2)cc1. The summed E-state index contributed by atoms with van der Waals surface area (Å²) in [4.78, 5) is 25.4. The van der Waals surface area contributed by atoms with Crippen molar-refractivity contribution in [1.29, 1.82) is 0 Å². The largest absolute Gasteiger partial charge is 0.497 e. The summed E-state index contributed by atoms with van der Waals surface area (Å²) in [5, 5.41) is 7.48. The summed E-state index contributed by atoms with van der Waals surface area (Å²) in [5.74, 6) is 0.500. The van der Waals surface area contributed by atoms with Gasteiger partial charge in [-0.25, -0.2) is 4.68 Å². The van der Waals surface area contributed by atoms with Gasteiger partial charge in [-0.3, -0.25) is 9.59 Å². The van der Waals surface area contributed by atoms with Crippen molar-refractivity contribution in [3.8, 4) is 11.4 Å². The molecule has 1 unspecified atom stereocenters. The first-order valence-corrected chi connectivity index (χ1v) is 8.71. The Morgan fingerprint density at radius 2 is 1.85 bits per heavy atom. The van der Waals surface area contributed by atoms with E-state index in [-0.39, 0.29) is 18.1 Å². The number of nitrogens with zero attached hydrogens (tertiary/aromatic N) is 2. The molecule has 3 aromatic rings. The van der Waals surface area contributed by atoms with Gasteiger partial charge in [-0.15, -0.1) is 0 Å². The van der Waals surface area contributed by atoms with Crippen LogP contribution in [0.15, 0.2) is 54.6 Å². The first-order chi connectivity index (χ1) is 13.1. The number of aromatic nitrogens is 2. The quantitative estimate of drug-likeness (QED) is 0.722. The number of Topliss-reactive ketones (excluding diaryl/α,β-unsaturated/α-hetero) is 1. The summed E-state index contributed by atoms with van der Waals surface area (Å²) in [5.41, 5.74) is 2.89. The van der Waals surface area contributed by atoms with Crippen molar-refractivity contribution in [1.82, 2.24) is 9.78 Å². The fraction of sp³-hybridized carbons (Fsp3) is 0.190. The molecule has 27 heavy (non-hydrogen) atoms. The maximum atomic E-state index is 13.1. The molecule has 1 amide bonds. The van der Waals surface area contributed by atoms with Crippen molar-refractivity contribution in [2.45, 2.75) is 19.3 Å². The highest BCUT2D eigenvalue weighted by molar-refractivity contribution is 6.07. The van der Waals surface area contributed by atoms with Gasteiger partial charge < -0.3 is 10.1 Å². The lowest BCUT2D eigenvalue weighted by atomic mass is 9.85. The number of amides is 1. The van der Waals surface area contributed by atoms with Crippen molar-refractivity contribution in [2.24, 2.45) is 0 Å². The Morgan fingerprint density at radius 3 is 2.52 bits per heavy atom. The average Bonchev–Trinajstić information content (AvgIpc) is 3.04. The van der Waals surface area contributed by atoms with Crippen LogP contribution in [0.3, 0.4) is 0 Å². The number of methoxy groups -OCH3 is 1. The second-order valence-electron chi connectivity index (χ2n) is 6.49. The highest BCUT2D eigenvalue weighted by Crippen LogP contribution is 2.38. The van der Waals surface area contributed by atoms with Crippen LogP contribution in [0.25, 0.3) is 5.69 Å². The zero-order chi connectivity index (χ0) is 19.0. The number of anilines is 1.